The first-order valence-electron chi connectivity index (χ1n) is 9.55. The quantitative estimate of drug-likeness (QED) is 0.328. The lowest BCUT2D eigenvalue weighted by Crippen LogP contribution is -2.28. The maximum Gasteiger partial charge on any atom is 0.269 e. The first-order valence-corrected chi connectivity index (χ1v) is 10.5. The number of non-ortho nitro benzene ring substituents is 1. The molecule has 1 aromatic heterocycles. The van der Waals surface area contributed by atoms with Crippen LogP contribution in [-0.4, -0.2) is 25.6 Å². The molecule has 3 rings (SSSR count). The van der Waals surface area contributed by atoms with Crippen LogP contribution in [0.25, 0.3) is 0 Å². The maximum atomic E-state index is 12.6. The topological polar surface area (TPSA) is 103 Å². The van der Waals surface area contributed by atoms with Gasteiger partial charge in [-0.3, -0.25) is 14.9 Å². The molecule has 0 saturated heterocycles. The van der Waals surface area contributed by atoms with Crippen LogP contribution in [0.5, 0.6) is 0 Å². The average molecular weight is 426 g/mol. The van der Waals surface area contributed by atoms with Crippen molar-refractivity contribution in [1.82, 2.24) is 20.1 Å². The summed E-state index contributed by atoms with van der Waals surface area (Å²) in [6, 6.07) is 13.6. The van der Waals surface area contributed by atoms with E-state index in [0.717, 1.165) is 16.3 Å². The highest BCUT2D eigenvalue weighted by Gasteiger charge is 2.19. The molecular weight excluding hydrogens is 402 g/mol. The van der Waals surface area contributed by atoms with Crippen molar-refractivity contribution in [2.45, 2.75) is 44.3 Å². The molecule has 30 heavy (non-hydrogen) atoms. The Bertz CT molecular complexity index is 1050. The fourth-order valence-electron chi connectivity index (χ4n) is 3.02. The lowest BCUT2D eigenvalue weighted by Gasteiger charge is -2.15. The van der Waals surface area contributed by atoms with E-state index in [4.69, 9.17) is 0 Å². The Hall–Kier alpha value is -3.20. The summed E-state index contributed by atoms with van der Waals surface area (Å²) in [7, 11) is 0. The Balaban J connectivity index is 1.68. The van der Waals surface area contributed by atoms with E-state index in [2.05, 4.69) is 15.5 Å². The molecule has 2 aromatic carbocycles. The number of rotatable bonds is 8. The number of hydrogen-bond donors (Lipinski definition) is 1. The second-order valence-electron chi connectivity index (χ2n) is 6.86. The zero-order valence-corrected chi connectivity index (χ0v) is 17.8. The molecule has 3 aromatic rings. The molecule has 8 nitrogen and oxygen atoms in total. The first kappa shape index (κ1) is 21.5. The van der Waals surface area contributed by atoms with E-state index in [1.165, 1.54) is 23.9 Å². The van der Waals surface area contributed by atoms with Crippen molar-refractivity contribution in [3.05, 3.63) is 81.2 Å². The number of aromatic nitrogens is 3. The SMILES string of the molecule is CCn1c(SCc2ccc([N+](=O)[O-])cc2)nnc1[C@@H](C)NC(=O)c1cccc(C)c1. The van der Waals surface area contributed by atoms with Gasteiger partial charge < -0.3 is 9.88 Å². The van der Waals surface area contributed by atoms with E-state index < -0.39 is 4.92 Å². The molecule has 0 spiro atoms. The van der Waals surface area contributed by atoms with Crippen molar-refractivity contribution in [1.29, 1.82) is 0 Å². The largest absolute Gasteiger partial charge is 0.342 e. The summed E-state index contributed by atoms with van der Waals surface area (Å²) in [4.78, 5) is 22.9. The number of aryl methyl sites for hydroxylation is 1. The van der Waals surface area contributed by atoms with E-state index in [-0.39, 0.29) is 17.6 Å². The van der Waals surface area contributed by atoms with Gasteiger partial charge in [0.05, 0.1) is 11.0 Å². The number of nitro groups is 1. The molecule has 0 fully saturated rings. The Morgan fingerprint density at radius 1 is 1.23 bits per heavy atom. The van der Waals surface area contributed by atoms with Crippen LogP contribution >= 0.6 is 11.8 Å². The minimum absolute atomic E-state index is 0.0703. The van der Waals surface area contributed by atoms with Gasteiger partial charge >= 0.3 is 0 Å². The number of nitrogens with zero attached hydrogens (tertiary/aromatic N) is 4. The monoisotopic (exact) mass is 425 g/mol. The van der Waals surface area contributed by atoms with Crippen LogP contribution in [0, 0.1) is 17.0 Å². The summed E-state index contributed by atoms with van der Waals surface area (Å²) in [5, 5.41) is 23.1. The summed E-state index contributed by atoms with van der Waals surface area (Å²) >= 11 is 1.50. The summed E-state index contributed by atoms with van der Waals surface area (Å²) in [5.41, 5.74) is 2.66. The Labute approximate surface area is 178 Å². The van der Waals surface area contributed by atoms with Gasteiger partial charge in [0.1, 0.15) is 0 Å². The number of carbonyl (C=O) groups is 1. The normalized spacial score (nSPS) is 11.8. The third-order valence-electron chi connectivity index (χ3n) is 4.59. The highest BCUT2D eigenvalue weighted by Crippen LogP contribution is 2.25. The van der Waals surface area contributed by atoms with Crippen LogP contribution in [-0.2, 0) is 12.3 Å². The second-order valence-corrected chi connectivity index (χ2v) is 7.80. The van der Waals surface area contributed by atoms with E-state index >= 15 is 0 Å². The zero-order chi connectivity index (χ0) is 21.7. The molecule has 0 aliphatic carbocycles. The van der Waals surface area contributed by atoms with E-state index in [9.17, 15) is 14.9 Å². The number of carbonyl (C=O) groups excluding carboxylic acids is 1. The number of benzene rings is 2. The predicted octanol–water partition coefficient (Wildman–Crippen LogP) is 4.30. The Kier molecular flexibility index (Phi) is 6.83. The number of nitrogens with one attached hydrogen (secondary N) is 1. The van der Waals surface area contributed by atoms with Crippen LogP contribution in [0.2, 0.25) is 0 Å². The van der Waals surface area contributed by atoms with Gasteiger partial charge in [-0.2, -0.15) is 0 Å². The van der Waals surface area contributed by atoms with Gasteiger partial charge in [-0.1, -0.05) is 41.6 Å². The fourth-order valence-corrected chi connectivity index (χ4v) is 3.98. The second kappa shape index (κ2) is 9.53. The van der Waals surface area contributed by atoms with Crippen LogP contribution in [0.1, 0.15) is 47.2 Å². The number of nitro benzene ring substituents is 1. The standard InChI is InChI=1S/C21H23N5O3S/c1-4-25-19(15(3)22-20(27)17-7-5-6-14(2)12-17)23-24-21(25)30-13-16-8-10-18(11-9-16)26(28)29/h5-12,15H,4,13H2,1-3H3,(H,22,27)/t15-/m1/s1. The summed E-state index contributed by atoms with van der Waals surface area (Å²) in [5.74, 6) is 1.14. The molecular formula is C21H23N5O3S. The number of amides is 1. The van der Waals surface area contributed by atoms with Crippen molar-refractivity contribution < 1.29 is 9.72 Å². The molecule has 9 heteroatoms. The molecule has 0 radical (unpaired) electrons. The average Bonchev–Trinajstić information content (AvgIpc) is 3.15. The summed E-state index contributed by atoms with van der Waals surface area (Å²) < 4.78 is 1.97. The third-order valence-corrected chi connectivity index (χ3v) is 5.63. The highest BCUT2D eigenvalue weighted by atomic mass is 32.2. The van der Waals surface area contributed by atoms with Crippen molar-refractivity contribution in [3.8, 4) is 0 Å². The van der Waals surface area contributed by atoms with Gasteiger partial charge in [0, 0.05) is 30.0 Å². The van der Waals surface area contributed by atoms with E-state index in [1.54, 1.807) is 18.2 Å². The van der Waals surface area contributed by atoms with Crippen molar-refractivity contribution >= 4 is 23.4 Å². The van der Waals surface area contributed by atoms with Crippen LogP contribution in [0.15, 0.2) is 53.7 Å². The summed E-state index contributed by atoms with van der Waals surface area (Å²) in [6.45, 7) is 6.49. The van der Waals surface area contributed by atoms with Crippen LogP contribution < -0.4 is 5.32 Å². The minimum atomic E-state index is -0.413. The fraction of sp³-hybridized carbons (Fsp3) is 0.286. The highest BCUT2D eigenvalue weighted by molar-refractivity contribution is 7.98. The Morgan fingerprint density at radius 3 is 2.60 bits per heavy atom. The van der Waals surface area contributed by atoms with Gasteiger partial charge in [0.25, 0.3) is 11.6 Å². The van der Waals surface area contributed by atoms with Gasteiger partial charge in [0.2, 0.25) is 0 Å². The molecule has 1 heterocycles. The predicted molar refractivity (Wildman–Crippen MR) is 115 cm³/mol. The molecule has 0 aliphatic heterocycles. The lowest BCUT2D eigenvalue weighted by molar-refractivity contribution is -0.384. The summed E-state index contributed by atoms with van der Waals surface area (Å²) in [6.07, 6.45) is 0. The van der Waals surface area contributed by atoms with E-state index in [0.29, 0.717) is 23.7 Å². The maximum absolute atomic E-state index is 12.6. The Morgan fingerprint density at radius 2 is 1.97 bits per heavy atom. The smallest absolute Gasteiger partial charge is 0.269 e. The molecule has 1 amide bonds. The molecule has 1 atom stereocenters. The van der Waals surface area contributed by atoms with Crippen LogP contribution in [0.4, 0.5) is 5.69 Å². The molecule has 0 saturated carbocycles. The number of hydrogen-bond acceptors (Lipinski definition) is 6. The third kappa shape index (κ3) is 5.04. The van der Waals surface area contributed by atoms with Gasteiger partial charge in [-0.15, -0.1) is 10.2 Å². The van der Waals surface area contributed by atoms with Crippen molar-refractivity contribution in [2.75, 3.05) is 0 Å². The van der Waals surface area contributed by atoms with Crippen molar-refractivity contribution in [3.63, 3.8) is 0 Å². The van der Waals surface area contributed by atoms with Gasteiger partial charge in [-0.05, 0) is 38.5 Å². The molecule has 1 N–H and O–H groups in total. The van der Waals surface area contributed by atoms with Gasteiger partial charge in [0.15, 0.2) is 11.0 Å². The number of thioether (sulfide) groups is 1. The molecule has 0 unspecified atom stereocenters. The van der Waals surface area contributed by atoms with Crippen molar-refractivity contribution in [2.24, 2.45) is 0 Å². The lowest BCUT2D eigenvalue weighted by atomic mass is 10.1. The first-order chi connectivity index (χ1) is 14.4. The van der Waals surface area contributed by atoms with E-state index in [1.807, 2.05) is 43.5 Å². The molecule has 0 bridgehead atoms. The molecule has 0 aliphatic rings. The van der Waals surface area contributed by atoms with Crippen LogP contribution in [0.3, 0.4) is 0 Å². The zero-order valence-electron chi connectivity index (χ0n) is 17.0. The van der Waals surface area contributed by atoms with Gasteiger partial charge in [-0.25, -0.2) is 0 Å². The molecule has 156 valence electrons. The minimum Gasteiger partial charge on any atom is -0.342 e.